The van der Waals surface area contributed by atoms with Crippen molar-refractivity contribution >= 4 is 17.6 Å². The molecule has 76 valence electrons. The Balaban J connectivity index is 2.79. The standard InChI is InChI=1S/C9H6F4S/c1-6(10)7-2-4-8(5-3-7)14-9(11,12)13/h2-5H,1H2. The maximum Gasteiger partial charge on any atom is 0.446 e. The Morgan fingerprint density at radius 2 is 1.64 bits per heavy atom. The Hall–Kier alpha value is -0.970. The van der Waals surface area contributed by atoms with Crippen LogP contribution in [0.4, 0.5) is 17.6 Å². The number of thioether (sulfide) groups is 1. The maximum absolute atomic E-state index is 12.5. The quantitative estimate of drug-likeness (QED) is 0.532. The van der Waals surface area contributed by atoms with Crippen LogP contribution in [0.15, 0.2) is 35.7 Å². The van der Waals surface area contributed by atoms with Gasteiger partial charge in [-0.15, -0.1) is 0 Å². The van der Waals surface area contributed by atoms with Crippen molar-refractivity contribution < 1.29 is 17.6 Å². The normalized spacial score (nSPS) is 11.4. The van der Waals surface area contributed by atoms with Gasteiger partial charge in [0.05, 0.1) is 0 Å². The molecule has 14 heavy (non-hydrogen) atoms. The second-order valence-electron chi connectivity index (χ2n) is 2.48. The van der Waals surface area contributed by atoms with Gasteiger partial charge in [0.25, 0.3) is 0 Å². The van der Waals surface area contributed by atoms with Crippen molar-refractivity contribution in [1.29, 1.82) is 0 Å². The van der Waals surface area contributed by atoms with E-state index in [4.69, 9.17) is 0 Å². The monoisotopic (exact) mass is 222 g/mol. The van der Waals surface area contributed by atoms with E-state index in [2.05, 4.69) is 6.58 Å². The molecule has 0 saturated carbocycles. The minimum Gasteiger partial charge on any atom is -0.207 e. The molecule has 5 heteroatoms. The first-order valence-electron chi connectivity index (χ1n) is 3.59. The molecule has 0 aromatic heterocycles. The third kappa shape index (κ3) is 3.41. The van der Waals surface area contributed by atoms with Gasteiger partial charge in [-0.3, -0.25) is 0 Å². The molecule has 0 aliphatic carbocycles. The molecule has 0 nitrogen and oxygen atoms in total. The number of rotatable bonds is 2. The second-order valence-corrected chi connectivity index (χ2v) is 3.62. The van der Waals surface area contributed by atoms with E-state index in [1.807, 2.05) is 0 Å². The molecule has 0 aliphatic heterocycles. The number of benzene rings is 1. The van der Waals surface area contributed by atoms with Gasteiger partial charge < -0.3 is 0 Å². The molecule has 0 spiro atoms. The second kappa shape index (κ2) is 4.04. The van der Waals surface area contributed by atoms with E-state index in [0.717, 1.165) is 0 Å². The lowest BCUT2D eigenvalue weighted by molar-refractivity contribution is -0.0328. The smallest absolute Gasteiger partial charge is 0.207 e. The van der Waals surface area contributed by atoms with Crippen LogP contribution in [0.5, 0.6) is 0 Å². The highest BCUT2D eigenvalue weighted by Gasteiger charge is 2.28. The summed E-state index contributed by atoms with van der Waals surface area (Å²) in [6.45, 7) is 3.03. The molecule has 1 aromatic carbocycles. The molecule has 0 atom stereocenters. The summed E-state index contributed by atoms with van der Waals surface area (Å²) in [7, 11) is 0. The Morgan fingerprint density at radius 3 is 2.00 bits per heavy atom. The minimum absolute atomic E-state index is 0.0301. The van der Waals surface area contributed by atoms with E-state index < -0.39 is 11.3 Å². The van der Waals surface area contributed by atoms with Gasteiger partial charge in [-0.2, -0.15) is 13.2 Å². The fourth-order valence-corrected chi connectivity index (χ4v) is 1.38. The molecule has 0 fully saturated rings. The molecule has 0 radical (unpaired) electrons. The fraction of sp³-hybridized carbons (Fsp3) is 0.111. The SMILES string of the molecule is C=C(F)c1ccc(SC(F)(F)F)cc1. The first-order valence-corrected chi connectivity index (χ1v) is 4.41. The van der Waals surface area contributed by atoms with Crippen molar-refractivity contribution in [2.45, 2.75) is 10.4 Å². The van der Waals surface area contributed by atoms with Crippen LogP contribution in [-0.2, 0) is 0 Å². The van der Waals surface area contributed by atoms with Gasteiger partial charge >= 0.3 is 5.51 Å². The topological polar surface area (TPSA) is 0 Å². The molecule has 0 N–H and O–H groups in total. The minimum atomic E-state index is -4.31. The van der Waals surface area contributed by atoms with Crippen molar-refractivity contribution in [2.75, 3.05) is 0 Å². The van der Waals surface area contributed by atoms with E-state index in [0.29, 0.717) is 0 Å². The molecular weight excluding hydrogens is 216 g/mol. The van der Waals surface area contributed by atoms with Crippen molar-refractivity contribution in [1.82, 2.24) is 0 Å². The number of alkyl halides is 3. The highest BCUT2D eigenvalue weighted by atomic mass is 32.2. The van der Waals surface area contributed by atoms with Crippen LogP contribution >= 0.6 is 11.8 Å². The lowest BCUT2D eigenvalue weighted by Crippen LogP contribution is -1.98. The summed E-state index contributed by atoms with van der Waals surface area (Å²) in [5, 5.41) is 0. The fourth-order valence-electron chi connectivity index (χ4n) is 0.837. The first kappa shape index (κ1) is 11.1. The molecule has 0 unspecified atom stereocenters. The van der Waals surface area contributed by atoms with Crippen LogP contribution in [0.1, 0.15) is 5.56 Å². The highest BCUT2D eigenvalue weighted by Crippen LogP contribution is 2.36. The summed E-state index contributed by atoms with van der Waals surface area (Å²) in [6, 6.07) is 4.93. The van der Waals surface area contributed by atoms with Crippen LogP contribution in [0.2, 0.25) is 0 Å². The Bertz CT molecular complexity index is 326. The summed E-state index contributed by atoms with van der Waals surface area (Å²) < 4.78 is 48.1. The average molecular weight is 222 g/mol. The third-order valence-corrected chi connectivity index (χ3v) is 2.14. The van der Waals surface area contributed by atoms with Crippen molar-refractivity contribution in [3.05, 3.63) is 36.4 Å². The Morgan fingerprint density at radius 1 is 1.14 bits per heavy atom. The summed E-state index contributed by atoms with van der Waals surface area (Å²) in [5.74, 6) is -0.659. The van der Waals surface area contributed by atoms with E-state index >= 15 is 0 Å². The third-order valence-electron chi connectivity index (χ3n) is 1.40. The summed E-state index contributed by atoms with van der Waals surface area (Å²) in [5.41, 5.74) is -4.12. The van der Waals surface area contributed by atoms with Crippen molar-refractivity contribution in [2.24, 2.45) is 0 Å². The van der Waals surface area contributed by atoms with Gasteiger partial charge in [-0.25, -0.2) is 4.39 Å². The van der Waals surface area contributed by atoms with E-state index in [1.165, 1.54) is 24.3 Å². The summed E-state index contributed by atoms with van der Waals surface area (Å²) >= 11 is -0.231. The predicted octanol–water partition coefficient (Wildman–Crippen LogP) is 4.24. The highest BCUT2D eigenvalue weighted by molar-refractivity contribution is 8.00. The lowest BCUT2D eigenvalue weighted by atomic mass is 10.2. The number of hydrogen-bond donors (Lipinski definition) is 0. The predicted molar refractivity (Wildman–Crippen MR) is 48.5 cm³/mol. The zero-order valence-electron chi connectivity index (χ0n) is 6.94. The zero-order valence-corrected chi connectivity index (χ0v) is 7.75. The van der Waals surface area contributed by atoms with Crippen LogP contribution in [-0.4, -0.2) is 5.51 Å². The average Bonchev–Trinajstić information content (AvgIpc) is 2.02. The molecule has 1 aromatic rings. The largest absolute Gasteiger partial charge is 0.446 e. The van der Waals surface area contributed by atoms with Crippen LogP contribution in [0, 0.1) is 0 Å². The van der Waals surface area contributed by atoms with Crippen molar-refractivity contribution in [3.63, 3.8) is 0 Å². The molecule has 1 rings (SSSR count). The molecule has 0 heterocycles. The van der Waals surface area contributed by atoms with Gasteiger partial charge in [0.1, 0.15) is 5.83 Å². The molecule has 0 bridgehead atoms. The Kier molecular flexibility index (Phi) is 3.21. The van der Waals surface area contributed by atoms with Gasteiger partial charge in [-0.1, -0.05) is 18.7 Å². The Labute approximate surface area is 82.6 Å². The number of hydrogen-bond acceptors (Lipinski definition) is 1. The van der Waals surface area contributed by atoms with Crippen LogP contribution in [0.3, 0.4) is 0 Å². The number of halogens is 4. The van der Waals surface area contributed by atoms with Gasteiger partial charge in [-0.05, 0) is 23.9 Å². The van der Waals surface area contributed by atoms with Gasteiger partial charge in [0.15, 0.2) is 0 Å². The summed E-state index contributed by atoms with van der Waals surface area (Å²) in [6.07, 6.45) is 0. The molecule has 0 saturated heterocycles. The van der Waals surface area contributed by atoms with E-state index in [1.54, 1.807) is 0 Å². The summed E-state index contributed by atoms with van der Waals surface area (Å²) in [4.78, 5) is 0.0301. The lowest BCUT2D eigenvalue weighted by Gasteiger charge is -2.05. The van der Waals surface area contributed by atoms with E-state index in [-0.39, 0.29) is 22.2 Å². The van der Waals surface area contributed by atoms with Crippen molar-refractivity contribution in [3.8, 4) is 0 Å². The maximum atomic E-state index is 12.5. The molecule has 0 amide bonds. The van der Waals surface area contributed by atoms with E-state index in [9.17, 15) is 17.6 Å². The van der Waals surface area contributed by atoms with Crippen LogP contribution < -0.4 is 0 Å². The van der Waals surface area contributed by atoms with Gasteiger partial charge in [0.2, 0.25) is 0 Å². The molecule has 0 aliphatic rings. The molecular formula is C9H6F4S. The first-order chi connectivity index (χ1) is 6.38. The van der Waals surface area contributed by atoms with Gasteiger partial charge in [0, 0.05) is 10.5 Å². The van der Waals surface area contributed by atoms with Crippen LogP contribution in [0.25, 0.3) is 5.83 Å². The zero-order chi connectivity index (χ0) is 10.8.